The van der Waals surface area contributed by atoms with Crippen LogP contribution in [0.2, 0.25) is 0 Å². The fourth-order valence-electron chi connectivity index (χ4n) is 1.11. The molecule has 0 aromatic heterocycles. The summed E-state index contributed by atoms with van der Waals surface area (Å²) in [5.74, 6) is 0.384. The lowest BCUT2D eigenvalue weighted by atomic mass is 10.2. The Bertz CT molecular complexity index is 361. The molecule has 0 saturated heterocycles. The summed E-state index contributed by atoms with van der Waals surface area (Å²) in [4.78, 5) is 11.8. The minimum Gasteiger partial charge on any atom is -0.352 e. The molecule has 1 unspecified atom stereocenters. The van der Waals surface area contributed by atoms with Gasteiger partial charge in [-0.25, -0.2) is 0 Å². The lowest BCUT2D eigenvalue weighted by molar-refractivity contribution is 0.0949. The van der Waals surface area contributed by atoms with Crippen molar-refractivity contribution in [2.45, 2.75) is 6.92 Å². The number of hydrogen-bond acceptors (Lipinski definition) is 1. The molecule has 16 heavy (non-hydrogen) atoms. The first kappa shape index (κ1) is 14.2. The van der Waals surface area contributed by atoms with Crippen LogP contribution in [-0.4, -0.2) is 17.8 Å². The number of carbonyl (C=O) groups is 1. The third-order valence-electron chi connectivity index (χ3n) is 2.00. The second kappa shape index (κ2) is 6.77. The maximum atomic E-state index is 11.8. The summed E-state index contributed by atoms with van der Waals surface area (Å²) in [7, 11) is 0. The Kier molecular flexibility index (Phi) is 6.00. The molecule has 0 aliphatic heterocycles. The first-order valence-corrected chi connectivity index (χ1v) is 7.54. The van der Waals surface area contributed by atoms with E-state index < -0.39 is 0 Å². The number of halogens is 3. The van der Waals surface area contributed by atoms with Crippen molar-refractivity contribution in [3.63, 3.8) is 0 Å². The standard InChI is InChI=1S/C11H12Br3NO/c1-7(5-12)6-15-11(16)8-2-9(13)4-10(14)3-8/h2-4,7H,5-6H2,1H3,(H,15,16). The van der Waals surface area contributed by atoms with E-state index in [1.807, 2.05) is 6.07 Å². The third-order valence-corrected chi connectivity index (χ3v) is 4.02. The topological polar surface area (TPSA) is 29.1 Å². The summed E-state index contributed by atoms with van der Waals surface area (Å²) in [6.45, 7) is 2.75. The van der Waals surface area contributed by atoms with E-state index in [1.54, 1.807) is 12.1 Å². The summed E-state index contributed by atoms with van der Waals surface area (Å²) >= 11 is 10.1. The Hall–Kier alpha value is 0.130. The maximum absolute atomic E-state index is 11.8. The first-order valence-electron chi connectivity index (χ1n) is 4.83. The molecule has 1 aromatic rings. The largest absolute Gasteiger partial charge is 0.352 e. The molecule has 1 atom stereocenters. The first-order chi connectivity index (χ1) is 7.52. The smallest absolute Gasteiger partial charge is 0.251 e. The van der Waals surface area contributed by atoms with E-state index in [-0.39, 0.29) is 5.91 Å². The quantitative estimate of drug-likeness (QED) is 0.743. The highest BCUT2D eigenvalue weighted by Crippen LogP contribution is 2.20. The fraction of sp³-hybridized carbons (Fsp3) is 0.364. The minimum atomic E-state index is -0.0465. The minimum absolute atomic E-state index is 0.0465. The highest BCUT2D eigenvalue weighted by atomic mass is 79.9. The molecule has 0 fully saturated rings. The van der Waals surface area contributed by atoms with Crippen molar-refractivity contribution in [3.05, 3.63) is 32.7 Å². The molecule has 0 radical (unpaired) electrons. The van der Waals surface area contributed by atoms with E-state index in [0.717, 1.165) is 14.3 Å². The molecule has 0 aliphatic rings. The van der Waals surface area contributed by atoms with Gasteiger partial charge in [0.05, 0.1) is 0 Å². The van der Waals surface area contributed by atoms with Crippen LogP contribution in [0.25, 0.3) is 0 Å². The molecule has 0 saturated carbocycles. The zero-order chi connectivity index (χ0) is 12.1. The molecule has 0 heterocycles. The molecule has 1 rings (SSSR count). The molecule has 1 N–H and O–H groups in total. The van der Waals surface area contributed by atoms with Crippen molar-refractivity contribution >= 4 is 53.7 Å². The number of hydrogen-bond donors (Lipinski definition) is 1. The number of alkyl halides is 1. The van der Waals surface area contributed by atoms with Gasteiger partial charge in [0, 0.05) is 26.4 Å². The van der Waals surface area contributed by atoms with Crippen molar-refractivity contribution in [2.75, 3.05) is 11.9 Å². The molecule has 1 amide bonds. The number of amides is 1. The normalized spacial score (nSPS) is 12.2. The average molecular weight is 414 g/mol. The second-order valence-electron chi connectivity index (χ2n) is 3.63. The molecule has 0 aliphatic carbocycles. The summed E-state index contributed by atoms with van der Waals surface area (Å²) in [5, 5.41) is 3.78. The van der Waals surface area contributed by atoms with E-state index >= 15 is 0 Å². The van der Waals surface area contributed by atoms with Crippen molar-refractivity contribution in [3.8, 4) is 0 Å². The van der Waals surface area contributed by atoms with Crippen LogP contribution in [0, 0.1) is 5.92 Å². The van der Waals surface area contributed by atoms with Crippen LogP contribution in [0.5, 0.6) is 0 Å². The Morgan fingerprint density at radius 1 is 1.31 bits per heavy atom. The SMILES string of the molecule is CC(CBr)CNC(=O)c1cc(Br)cc(Br)c1. The zero-order valence-electron chi connectivity index (χ0n) is 8.77. The van der Waals surface area contributed by atoms with E-state index in [4.69, 9.17) is 0 Å². The number of rotatable bonds is 4. The Morgan fingerprint density at radius 2 is 1.88 bits per heavy atom. The highest BCUT2D eigenvalue weighted by Gasteiger charge is 2.08. The van der Waals surface area contributed by atoms with Gasteiger partial charge in [0.1, 0.15) is 0 Å². The van der Waals surface area contributed by atoms with E-state index in [1.165, 1.54) is 0 Å². The maximum Gasteiger partial charge on any atom is 0.251 e. The van der Waals surface area contributed by atoms with E-state index in [2.05, 4.69) is 60.0 Å². The van der Waals surface area contributed by atoms with Crippen LogP contribution in [0.15, 0.2) is 27.1 Å². The molecule has 2 nitrogen and oxygen atoms in total. The predicted molar refractivity (Wildman–Crippen MR) is 77.1 cm³/mol. The lowest BCUT2D eigenvalue weighted by Crippen LogP contribution is -2.28. The van der Waals surface area contributed by atoms with Gasteiger partial charge >= 0.3 is 0 Å². The van der Waals surface area contributed by atoms with Gasteiger partial charge in [0.25, 0.3) is 5.91 Å². The monoisotopic (exact) mass is 411 g/mol. The van der Waals surface area contributed by atoms with Crippen molar-refractivity contribution < 1.29 is 4.79 Å². The van der Waals surface area contributed by atoms with Gasteiger partial charge in [-0.15, -0.1) is 0 Å². The Balaban J connectivity index is 2.66. The number of carbonyl (C=O) groups excluding carboxylic acids is 1. The Labute approximate surface area is 121 Å². The van der Waals surface area contributed by atoms with E-state index in [0.29, 0.717) is 18.0 Å². The predicted octanol–water partition coefficient (Wildman–Crippen LogP) is 3.97. The van der Waals surface area contributed by atoms with Crippen LogP contribution in [0.4, 0.5) is 0 Å². The molecule has 1 aromatic carbocycles. The van der Waals surface area contributed by atoms with Crippen LogP contribution in [0.3, 0.4) is 0 Å². The highest BCUT2D eigenvalue weighted by molar-refractivity contribution is 9.11. The molecule has 5 heteroatoms. The average Bonchev–Trinajstić information content (AvgIpc) is 2.23. The van der Waals surface area contributed by atoms with Crippen LogP contribution < -0.4 is 5.32 Å². The van der Waals surface area contributed by atoms with Gasteiger partial charge in [-0.2, -0.15) is 0 Å². The van der Waals surface area contributed by atoms with Crippen molar-refractivity contribution in [1.82, 2.24) is 5.32 Å². The zero-order valence-corrected chi connectivity index (χ0v) is 13.5. The van der Waals surface area contributed by atoms with Crippen LogP contribution in [0.1, 0.15) is 17.3 Å². The van der Waals surface area contributed by atoms with Crippen molar-refractivity contribution in [1.29, 1.82) is 0 Å². The van der Waals surface area contributed by atoms with Gasteiger partial charge in [-0.3, -0.25) is 4.79 Å². The van der Waals surface area contributed by atoms with E-state index in [9.17, 15) is 4.79 Å². The second-order valence-corrected chi connectivity index (χ2v) is 6.11. The van der Waals surface area contributed by atoms with Gasteiger partial charge < -0.3 is 5.32 Å². The number of nitrogens with one attached hydrogen (secondary N) is 1. The van der Waals surface area contributed by atoms with Crippen LogP contribution in [-0.2, 0) is 0 Å². The van der Waals surface area contributed by atoms with Gasteiger partial charge in [0.15, 0.2) is 0 Å². The molecular weight excluding hydrogens is 402 g/mol. The summed E-state index contributed by atoms with van der Waals surface area (Å²) in [5.41, 5.74) is 0.656. The molecule has 0 spiro atoms. The van der Waals surface area contributed by atoms with Gasteiger partial charge in [-0.1, -0.05) is 54.7 Å². The molecule has 0 bridgehead atoms. The van der Waals surface area contributed by atoms with Crippen molar-refractivity contribution in [2.24, 2.45) is 5.92 Å². The summed E-state index contributed by atoms with van der Waals surface area (Å²) in [6, 6.07) is 5.51. The lowest BCUT2D eigenvalue weighted by Gasteiger charge is -2.10. The van der Waals surface area contributed by atoms with Crippen LogP contribution >= 0.6 is 47.8 Å². The van der Waals surface area contributed by atoms with Gasteiger partial charge in [0.2, 0.25) is 0 Å². The van der Waals surface area contributed by atoms with Gasteiger partial charge in [-0.05, 0) is 24.1 Å². The molecular formula is C11H12Br3NO. The Morgan fingerprint density at radius 3 is 2.38 bits per heavy atom. The third kappa shape index (κ3) is 4.55. The fourth-order valence-corrected chi connectivity index (χ4v) is 2.63. The summed E-state index contributed by atoms with van der Waals surface area (Å²) < 4.78 is 1.78. The summed E-state index contributed by atoms with van der Waals surface area (Å²) in [6.07, 6.45) is 0. The number of benzene rings is 1. The molecule has 88 valence electrons.